The predicted octanol–water partition coefficient (Wildman–Crippen LogP) is 28.3. The largest absolute Gasteiger partial charge is 0.336 e. The number of hydrogen-bond acceptors (Lipinski definition) is 3. The number of nitrogens with zero attached hydrogens (tertiary/aromatic N) is 9. The van der Waals surface area contributed by atoms with Crippen LogP contribution in [-0.2, 0) is 32.4 Å². The first-order chi connectivity index (χ1) is 62.0. The summed E-state index contributed by atoms with van der Waals surface area (Å²) in [7, 11) is 0. The molecule has 7 heterocycles. The quantitative estimate of drug-likeness (QED) is 0.0912. The van der Waals surface area contributed by atoms with Gasteiger partial charge >= 0.3 is 0 Å². The lowest BCUT2D eigenvalue weighted by Crippen LogP contribution is -2.10. The molecule has 0 aliphatic heterocycles. The highest BCUT2D eigenvalue weighted by molar-refractivity contribution is 6.14. The molecule has 125 heavy (non-hydrogen) atoms. The van der Waals surface area contributed by atoms with E-state index in [9.17, 15) is 0 Å². The monoisotopic (exact) mass is 1600 g/mol. The third kappa shape index (κ3) is 12.0. The molecular weight excluding hydrogens is 1520 g/mol. The fourth-order valence-electron chi connectivity index (χ4n) is 20.5. The Morgan fingerprint density at radius 3 is 0.648 bits per heavy atom. The molecule has 7 aromatic heterocycles. The normalized spacial score (nSPS) is 12.0. The molecule has 0 bridgehead atoms. The zero-order valence-corrected chi connectivity index (χ0v) is 68.4. The van der Waals surface area contributed by atoms with Gasteiger partial charge in [0.1, 0.15) is 17.5 Å². The molecule has 9 heteroatoms. The topological polar surface area (TPSA) is 68.2 Å². The van der Waals surface area contributed by atoms with Crippen LogP contribution in [0.4, 0.5) is 0 Å². The van der Waals surface area contributed by atoms with Gasteiger partial charge in [0, 0.05) is 142 Å². The lowest BCUT2D eigenvalue weighted by Gasteiger charge is -2.17. The summed E-state index contributed by atoms with van der Waals surface area (Å²) >= 11 is 0. The Balaban J connectivity index is 0.601. The van der Waals surface area contributed by atoms with Crippen LogP contribution in [-0.4, -0.2) is 42.4 Å². The van der Waals surface area contributed by atoms with Crippen LogP contribution in [0.1, 0.15) is 45.3 Å². The molecule has 0 aliphatic carbocycles. The molecule has 0 saturated carbocycles. The smallest absolute Gasteiger partial charge is 0.137 e. The number of rotatable bonds is 17. The Labute approximate surface area is 720 Å². The van der Waals surface area contributed by atoms with E-state index in [0.29, 0.717) is 32.4 Å². The summed E-state index contributed by atoms with van der Waals surface area (Å²) in [6.45, 7) is 1.37. The Morgan fingerprint density at radius 1 is 0.176 bits per heavy atom. The number of hydrogen-bond donors (Lipinski definition) is 0. The highest BCUT2D eigenvalue weighted by Gasteiger charge is 2.24. The second-order valence-corrected chi connectivity index (χ2v) is 33.3. The second-order valence-electron chi connectivity index (χ2n) is 33.3. The van der Waals surface area contributed by atoms with Crippen LogP contribution >= 0.6 is 0 Å². The van der Waals surface area contributed by atoms with Crippen LogP contribution < -0.4 is 0 Å². The van der Waals surface area contributed by atoms with Gasteiger partial charge in [-0.1, -0.05) is 303 Å². The van der Waals surface area contributed by atoms with E-state index in [-0.39, 0.29) is 0 Å². The molecule has 9 nitrogen and oxygen atoms in total. The van der Waals surface area contributed by atoms with E-state index in [2.05, 4.69) is 446 Å². The zero-order valence-electron chi connectivity index (χ0n) is 68.4. The molecule has 18 aromatic carbocycles. The minimum atomic E-state index is 0.496. The van der Waals surface area contributed by atoms with Crippen molar-refractivity contribution in [1.82, 2.24) is 42.4 Å². The van der Waals surface area contributed by atoms with Crippen LogP contribution in [0.25, 0.3) is 187 Å². The van der Waals surface area contributed by atoms with Gasteiger partial charge < -0.3 is 27.4 Å². The summed E-state index contributed by atoms with van der Waals surface area (Å²) < 4.78 is 14.7. The maximum Gasteiger partial charge on any atom is 0.137 e. The Hall–Kier alpha value is -16.2. The van der Waals surface area contributed by atoms with E-state index < -0.39 is 0 Å². The van der Waals surface area contributed by atoms with Gasteiger partial charge in [-0.15, -0.1) is 0 Å². The van der Waals surface area contributed by atoms with Gasteiger partial charge in [0.15, 0.2) is 0 Å². The first kappa shape index (κ1) is 71.7. The second kappa shape index (κ2) is 29.3. The van der Waals surface area contributed by atoms with Crippen LogP contribution in [0, 0.1) is 0 Å². The number of para-hydroxylation sites is 12. The molecule has 0 spiro atoms. The molecule has 588 valence electrons. The molecule has 0 atom stereocenters. The number of fused-ring (bicyclic) bond motifs is 18. The van der Waals surface area contributed by atoms with Gasteiger partial charge in [0.25, 0.3) is 0 Å². The average Bonchev–Trinajstić information content (AvgIpc) is 1.59. The Morgan fingerprint density at radius 2 is 0.384 bits per heavy atom. The molecule has 0 N–H and O–H groups in total. The lowest BCUT2D eigenvalue weighted by atomic mass is 9.96. The van der Waals surface area contributed by atoms with Crippen molar-refractivity contribution in [2.45, 2.75) is 32.4 Å². The van der Waals surface area contributed by atoms with E-state index in [4.69, 9.17) is 15.0 Å². The Bertz CT molecular complexity index is 7980. The third-order valence-electron chi connectivity index (χ3n) is 26.2. The SMILES string of the molecule is c1ccc2c(c1)c1ccccc1n2Cc1ccc(-n2c3ccccc3c3ccccc32)cc1-c1ccc(Cc2nc(Cc3ccc(-c4cc(-n5c6ccccc6c6ccccc65)ccc4Cn4c5ccccc5c5ccccc54)cc3)nc(Cc3ccc(-c4cc(-n5c6ccccc6c6ccccc65)ccc4-n4c5ccccc5c5ccccc54)cc3)n2)cc1. The van der Waals surface area contributed by atoms with Crippen LogP contribution in [0.15, 0.2) is 419 Å². The standard InChI is InChI=1S/C116H79N9/c1-13-37-101-86(25-1)87-26-2-14-38-102(87)120(101)73-81-61-63-83(122-105-41-17-5-29-90(105)91-30-6-18-42-106(91)122)70-98(81)78-55-49-75(50-56-78)67-114-117-115(68-76-51-57-79(58-52-76)99-71-84(123-107-43-19-7-31-92(107)93-32-8-20-44-108(93)123)64-62-82(99)74-121-103-39-15-3-27-88(103)89-28-4-16-40-104(89)121)119-116(118-114)69-77-53-59-80(60-54-77)100-72-85(124-109-45-21-9-33-94(109)95-34-10-22-46-110(95)124)65-66-113(100)125-111-47-23-11-35-96(111)97-36-12-24-48-112(97)125/h1-66,70-72H,67-69,73-74H2. The molecule has 0 aliphatic rings. The van der Waals surface area contributed by atoms with Crippen molar-refractivity contribution in [1.29, 1.82) is 0 Å². The Kier molecular flexibility index (Phi) is 16.8. The molecular formula is C116H79N9. The third-order valence-corrected chi connectivity index (χ3v) is 26.2. The van der Waals surface area contributed by atoms with Crippen LogP contribution in [0.3, 0.4) is 0 Å². The molecule has 0 unspecified atom stereocenters. The molecule has 25 aromatic rings. The molecule has 25 rings (SSSR count). The maximum atomic E-state index is 5.48. The zero-order chi connectivity index (χ0) is 82.2. The van der Waals surface area contributed by atoms with Crippen molar-refractivity contribution in [3.05, 3.63) is 464 Å². The van der Waals surface area contributed by atoms with Gasteiger partial charge in [0.05, 0.1) is 49.8 Å². The summed E-state index contributed by atoms with van der Waals surface area (Å²) in [5.41, 5.74) is 31.3. The minimum absolute atomic E-state index is 0.496. The van der Waals surface area contributed by atoms with E-state index in [1.807, 2.05) is 0 Å². The van der Waals surface area contributed by atoms with Crippen molar-refractivity contribution in [3.63, 3.8) is 0 Å². The molecule has 0 amide bonds. The van der Waals surface area contributed by atoms with Crippen molar-refractivity contribution >= 4 is 131 Å². The molecule has 0 radical (unpaired) electrons. The van der Waals surface area contributed by atoms with E-state index in [1.165, 1.54) is 142 Å². The summed E-state index contributed by atoms with van der Waals surface area (Å²) in [5.74, 6) is 2.17. The van der Waals surface area contributed by atoms with Crippen molar-refractivity contribution < 1.29 is 0 Å². The fourth-order valence-corrected chi connectivity index (χ4v) is 20.5. The van der Waals surface area contributed by atoms with Gasteiger partial charge in [-0.25, -0.2) is 15.0 Å². The van der Waals surface area contributed by atoms with Crippen LogP contribution in [0.2, 0.25) is 0 Å². The summed E-state index contributed by atoms with van der Waals surface area (Å²) in [6, 6.07) is 154. The maximum absolute atomic E-state index is 5.48. The van der Waals surface area contributed by atoms with E-state index in [1.54, 1.807) is 0 Å². The highest BCUT2D eigenvalue weighted by atomic mass is 15.0. The minimum Gasteiger partial charge on any atom is -0.336 e. The van der Waals surface area contributed by atoms with E-state index in [0.717, 1.165) is 90.2 Å². The highest BCUT2D eigenvalue weighted by Crippen LogP contribution is 2.44. The summed E-state index contributed by atoms with van der Waals surface area (Å²) in [6.07, 6.45) is 1.50. The van der Waals surface area contributed by atoms with Gasteiger partial charge in [-0.3, -0.25) is 0 Å². The first-order valence-electron chi connectivity index (χ1n) is 43.2. The van der Waals surface area contributed by atoms with Crippen LogP contribution in [0.5, 0.6) is 0 Å². The first-order valence-corrected chi connectivity index (χ1v) is 43.2. The van der Waals surface area contributed by atoms with E-state index >= 15 is 0 Å². The van der Waals surface area contributed by atoms with Gasteiger partial charge in [-0.2, -0.15) is 0 Å². The van der Waals surface area contributed by atoms with Gasteiger partial charge in [0.2, 0.25) is 0 Å². The summed E-state index contributed by atoms with van der Waals surface area (Å²) in [4.78, 5) is 16.4. The van der Waals surface area contributed by atoms with Crippen molar-refractivity contribution in [2.75, 3.05) is 0 Å². The predicted molar refractivity (Wildman–Crippen MR) is 518 cm³/mol. The number of benzene rings is 18. The van der Waals surface area contributed by atoms with Crippen molar-refractivity contribution in [3.8, 4) is 56.1 Å². The average molecular weight is 1600 g/mol. The lowest BCUT2D eigenvalue weighted by molar-refractivity contribution is 0.797. The van der Waals surface area contributed by atoms with Gasteiger partial charge in [-0.05, 0) is 171 Å². The van der Waals surface area contributed by atoms with Crippen molar-refractivity contribution in [2.24, 2.45) is 0 Å². The molecule has 0 saturated heterocycles. The number of aromatic nitrogens is 9. The summed E-state index contributed by atoms with van der Waals surface area (Å²) in [5, 5.41) is 14.9. The molecule has 0 fully saturated rings. The fraction of sp³-hybridized carbons (Fsp3) is 0.0431.